The summed E-state index contributed by atoms with van der Waals surface area (Å²) in [7, 11) is 1.65. The van der Waals surface area contributed by atoms with Gasteiger partial charge < -0.3 is 5.32 Å². The van der Waals surface area contributed by atoms with Crippen molar-refractivity contribution in [3.63, 3.8) is 0 Å². The predicted octanol–water partition coefficient (Wildman–Crippen LogP) is 2.45. The van der Waals surface area contributed by atoms with Crippen molar-refractivity contribution in [3.05, 3.63) is 34.5 Å². The van der Waals surface area contributed by atoms with Gasteiger partial charge in [-0.05, 0) is 30.9 Å². The van der Waals surface area contributed by atoms with E-state index in [0.717, 1.165) is 48.2 Å². The first-order chi connectivity index (χ1) is 12.2. The summed E-state index contributed by atoms with van der Waals surface area (Å²) < 4.78 is 0. The number of nitrogens with one attached hydrogen (secondary N) is 1. The molecule has 1 N–H and O–H groups in total. The molecule has 0 aromatic carbocycles. The summed E-state index contributed by atoms with van der Waals surface area (Å²) in [5.41, 5.74) is 3.10. The molecule has 3 heterocycles. The van der Waals surface area contributed by atoms with Crippen LogP contribution >= 0.6 is 11.3 Å². The maximum absolute atomic E-state index is 11.4. The van der Waals surface area contributed by atoms with Crippen LogP contribution in [0.15, 0.2) is 18.3 Å². The second-order valence-electron chi connectivity index (χ2n) is 6.91. The third kappa shape index (κ3) is 3.60. The van der Waals surface area contributed by atoms with E-state index >= 15 is 0 Å². The molecule has 1 fully saturated rings. The number of aromatic nitrogens is 2. The average Bonchev–Trinajstić information content (AvgIpc) is 2.90. The molecule has 5 nitrogen and oxygen atoms in total. The number of amides is 1. The number of fused-ring (bicyclic) bond motifs is 1. The summed E-state index contributed by atoms with van der Waals surface area (Å²) in [6.45, 7) is 2.30. The minimum atomic E-state index is 0.00605. The molecule has 0 saturated heterocycles. The van der Waals surface area contributed by atoms with E-state index in [4.69, 9.17) is 4.98 Å². The summed E-state index contributed by atoms with van der Waals surface area (Å²) >= 11 is 1.79. The second-order valence-corrected chi connectivity index (χ2v) is 7.99. The first kappa shape index (κ1) is 16.7. The molecule has 0 atom stereocenters. The fraction of sp³-hybridized carbons (Fsp3) is 0.526. The maximum Gasteiger partial charge on any atom is 0.224 e. The number of likely N-dealkylation sites (N-methyl/N-ethyl adjacent to an activating group) is 1. The number of carbonyl (C=O) groups excluding carboxylic acids is 1. The van der Waals surface area contributed by atoms with Crippen LogP contribution in [0.5, 0.6) is 0 Å². The molecular weight excluding hydrogens is 332 g/mol. The number of nitrogens with zero attached hydrogens (tertiary/aromatic N) is 3. The van der Waals surface area contributed by atoms with Crippen molar-refractivity contribution in [2.24, 2.45) is 0 Å². The molecule has 0 spiro atoms. The summed E-state index contributed by atoms with van der Waals surface area (Å²) in [4.78, 5) is 24.9. The van der Waals surface area contributed by atoms with E-state index in [1.807, 2.05) is 12.1 Å². The molecule has 1 aliphatic heterocycles. The quantitative estimate of drug-likeness (QED) is 0.914. The number of pyridine rings is 1. The van der Waals surface area contributed by atoms with E-state index in [2.05, 4.69) is 15.2 Å². The monoisotopic (exact) mass is 356 g/mol. The largest absolute Gasteiger partial charge is 0.359 e. The van der Waals surface area contributed by atoms with Crippen LogP contribution < -0.4 is 5.32 Å². The van der Waals surface area contributed by atoms with Crippen molar-refractivity contribution in [2.75, 3.05) is 20.1 Å². The molecule has 25 heavy (non-hydrogen) atoms. The van der Waals surface area contributed by atoms with E-state index in [0.29, 0.717) is 6.42 Å². The molecule has 6 heteroatoms. The standard InChI is InChI=1S/C19H24N4OS/c1-20-18(24)11-13-5-6-16(21-12-13)19-22-15-7-9-23(14-3-2-4-14)10-8-17(15)25-19/h5-6,12,14H,2-4,7-11H2,1H3,(H,20,24). The summed E-state index contributed by atoms with van der Waals surface area (Å²) in [5, 5.41) is 3.65. The normalized spacial score (nSPS) is 18.3. The van der Waals surface area contributed by atoms with E-state index in [-0.39, 0.29) is 5.91 Å². The molecule has 4 rings (SSSR count). The van der Waals surface area contributed by atoms with Gasteiger partial charge in [0.25, 0.3) is 0 Å². The Morgan fingerprint density at radius 3 is 2.84 bits per heavy atom. The number of carbonyl (C=O) groups is 1. The zero-order valence-electron chi connectivity index (χ0n) is 14.6. The summed E-state index contributed by atoms with van der Waals surface area (Å²) in [5.74, 6) is 0.00605. The average molecular weight is 356 g/mol. The van der Waals surface area contributed by atoms with Gasteiger partial charge in [0.1, 0.15) is 5.01 Å². The van der Waals surface area contributed by atoms with Gasteiger partial charge in [0.2, 0.25) is 5.91 Å². The highest BCUT2D eigenvalue weighted by Crippen LogP contribution is 2.32. The van der Waals surface area contributed by atoms with Gasteiger partial charge in [0.05, 0.1) is 17.8 Å². The number of hydrogen-bond donors (Lipinski definition) is 1. The van der Waals surface area contributed by atoms with E-state index < -0.39 is 0 Å². The minimum absolute atomic E-state index is 0.00605. The lowest BCUT2D eigenvalue weighted by molar-refractivity contribution is -0.119. The molecule has 2 aromatic heterocycles. The lowest BCUT2D eigenvalue weighted by Gasteiger charge is -2.36. The highest BCUT2D eigenvalue weighted by molar-refractivity contribution is 7.15. The molecule has 2 aliphatic rings. The number of thiazole rings is 1. The lowest BCUT2D eigenvalue weighted by Crippen LogP contribution is -2.41. The van der Waals surface area contributed by atoms with E-state index in [9.17, 15) is 4.79 Å². The Labute approximate surface area is 152 Å². The molecule has 1 aliphatic carbocycles. The van der Waals surface area contributed by atoms with Crippen molar-refractivity contribution >= 4 is 17.2 Å². The van der Waals surface area contributed by atoms with Crippen molar-refractivity contribution in [3.8, 4) is 10.7 Å². The highest BCUT2D eigenvalue weighted by Gasteiger charge is 2.27. The van der Waals surface area contributed by atoms with Crippen LogP contribution in [-0.4, -0.2) is 47.0 Å². The van der Waals surface area contributed by atoms with Crippen LogP contribution in [0.1, 0.15) is 35.4 Å². The van der Waals surface area contributed by atoms with E-state index in [1.165, 1.54) is 29.8 Å². The molecule has 132 valence electrons. The number of hydrogen-bond acceptors (Lipinski definition) is 5. The Hall–Kier alpha value is -1.79. The molecule has 0 bridgehead atoms. The first-order valence-corrected chi connectivity index (χ1v) is 9.93. The lowest BCUT2D eigenvalue weighted by atomic mass is 9.91. The fourth-order valence-electron chi connectivity index (χ4n) is 3.54. The van der Waals surface area contributed by atoms with Crippen molar-refractivity contribution in [1.82, 2.24) is 20.2 Å². The molecule has 0 radical (unpaired) electrons. The Kier molecular flexibility index (Phi) is 4.81. The fourth-order valence-corrected chi connectivity index (χ4v) is 4.61. The van der Waals surface area contributed by atoms with Gasteiger partial charge >= 0.3 is 0 Å². The smallest absolute Gasteiger partial charge is 0.224 e. The van der Waals surface area contributed by atoms with Gasteiger partial charge in [-0.3, -0.25) is 14.7 Å². The van der Waals surface area contributed by atoms with Crippen LogP contribution in [0.25, 0.3) is 10.7 Å². The van der Waals surface area contributed by atoms with Crippen LogP contribution in [0.4, 0.5) is 0 Å². The van der Waals surface area contributed by atoms with Gasteiger partial charge in [0.15, 0.2) is 0 Å². The number of rotatable bonds is 4. The Morgan fingerprint density at radius 2 is 2.16 bits per heavy atom. The molecule has 1 amide bonds. The molecule has 2 aromatic rings. The van der Waals surface area contributed by atoms with Crippen LogP contribution in [-0.2, 0) is 24.1 Å². The SMILES string of the molecule is CNC(=O)Cc1ccc(-c2nc3c(s2)CCN(C2CCC2)CC3)nc1. The summed E-state index contributed by atoms with van der Waals surface area (Å²) in [6, 6.07) is 4.78. The van der Waals surface area contributed by atoms with Crippen molar-refractivity contribution < 1.29 is 4.79 Å². The second kappa shape index (κ2) is 7.22. The van der Waals surface area contributed by atoms with Crippen molar-refractivity contribution in [2.45, 2.75) is 44.6 Å². The third-order valence-corrected chi connectivity index (χ3v) is 6.50. The van der Waals surface area contributed by atoms with Gasteiger partial charge in [-0.1, -0.05) is 12.5 Å². The zero-order chi connectivity index (χ0) is 17.2. The topological polar surface area (TPSA) is 58.1 Å². The Balaban J connectivity index is 1.45. The van der Waals surface area contributed by atoms with Crippen LogP contribution in [0.2, 0.25) is 0 Å². The maximum atomic E-state index is 11.4. The Bertz CT molecular complexity index is 726. The van der Waals surface area contributed by atoms with Gasteiger partial charge in [-0.2, -0.15) is 0 Å². The highest BCUT2D eigenvalue weighted by atomic mass is 32.1. The molecule has 0 unspecified atom stereocenters. The molecular formula is C19H24N4OS. The van der Waals surface area contributed by atoms with E-state index in [1.54, 1.807) is 24.6 Å². The Morgan fingerprint density at radius 1 is 1.32 bits per heavy atom. The summed E-state index contributed by atoms with van der Waals surface area (Å²) in [6.07, 6.45) is 8.46. The van der Waals surface area contributed by atoms with Gasteiger partial charge in [0, 0.05) is 43.7 Å². The van der Waals surface area contributed by atoms with Crippen LogP contribution in [0, 0.1) is 0 Å². The zero-order valence-corrected chi connectivity index (χ0v) is 15.4. The first-order valence-electron chi connectivity index (χ1n) is 9.11. The predicted molar refractivity (Wildman–Crippen MR) is 99.7 cm³/mol. The third-order valence-electron chi connectivity index (χ3n) is 5.32. The van der Waals surface area contributed by atoms with Gasteiger partial charge in [-0.25, -0.2) is 4.98 Å². The molecule has 1 saturated carbocycles. The van der Waals surface area contributed by atoms with Gasteiger partial charge in [-0.15, -0.1) is 11.3 Å². The van der Waals surface area contributed by atoms with Crippen molar-refractivity contribution in [1.29, 1.82) is 0 Å². The van der Waals surface area contributed by atoms with Crippen LogP contribution in [0.3, 0.4) is 0 Å². The minimum Gasteiger partial charge on any atom is -0.359 e.